The summed E-state index contributed by atoms with van der Waals surface area (Å²) in [6.07, 6.45) is 1.07. The number of ether oxygens (including phenoxy) is 1. The summed E-state index contributed by atoms with van der Waals surface area (Å²) in [6, 6.07) is 18.5. The van der Waals surface area contributed by atoms with Gasteiger partial charge in [-0.1, -0.05) is 48.5 Å². The second kappa shape index (κ2) is 9.47. The number of likely N-dealkylation sites (tertiary alicyclic amines) is 1. The predicted molar refractivity (Wildman–Crippen MR) is 126 cm³/mol. The number of benzene rings is 2. The first-order chi connectivity index (χ1) is 16.1. The number of para-hydroxylation sites is 1. The van der Waals surface area contributed by atoms with Gasteiger partial charge in [-0.25, -0.2) is 0 Å². The Morgan fingerprint density at radius 3 is 2.55 bits per heavy atom. The van der Waals surface area contributed by atoms with Crippen LogP contribution in [0.4, 0.5) is 0 Å². The molecule has 7 heteroatoms. The van der Waals surface area contributed by atoms with Gasteiger partial charge in [0.25, 0.3) is 5.91 Å². The molecule has 3 heterocycles. The smallest absolute Gasteiger partial charge is 0.255 e. The summed E-state index contributed by atoms with van der Waals surface area (Å²) < 4.78 is 6.24. The van der Waals surface area contributed by atoms with E-state index >= 15 is 0 Å². The van der Waals surface area contributed by atoms with Crippen LogP contribution in [0.2, 0.25) is 0 Å². The highest BCUT2D eigenvalue weighted by Crippen LogP contribution is 2.33. The lowest BCUT2D eigenvalue weighted by atomic mass is 9.95. The highest BCUT2D eigenvalue weighted by atomic mass is 16.5. The summed E-state index contributed by atoms with van der Waals surface area (Å²) in [4.78, 5) is 33.2. The molecule has 3 aromatic rings. The van der Waals surface area contributed by atoms with Gasteiger partial charge < -0.3 is 24.6 Å². The van der Waals surface area contributed by atoms with Crippen LogP contribution in [0.1, 0.15) is 34.8 Å². The van der Waals surface area contributed by atoms with Gasteiger partial charge >= 0.3 is 0 Å². The summed E-state index contributed by atoms with van der Waals surface area (Å²) >= 11 is 0. The van der Waals surface area contributed by atoms with Crippen LogP contribution < -0.4 is 5.56 Å². The Balaban J connectivity index is 1.50. The lowest BCUT2D eigenvalue weighted by Gasteiger charge is -2.44. The van der Waals surface area contributed by atoms with E-state index in [0.29, 0.717) is 30.8 Å². The van der Waals surface area contributed by atoms with Gasteiger partial charge in [-0.2, -0.15) is 0 Å². The summed E-state index contributed by atoms with van der Waals surface area (Å²) in [6.45, 7) is 3.21. The molecule has 2 aliphatic heterocycles. The summed E-state index contributed by atoms with van der Waals surface area (Å²) in [5.41, 5.74) is 1.80. The molecule has 2 atom stereocenters. The molecule has 2 saturated heterocycles. The molecule has 0 saturated carbocycles. The number of fused-ring (bicyclic) bond motifs is 1. The van der Waals surface area contributed by atoms with Gasteiger partial charge in [0, 0.05) is 43.1 Å². The van der Waals surface area contributed by atoms with Crippen LogP contribution in [0.5, 0.6) is 0 Å². The molecule has 33 heavy (non-hydrogen) atoms. The van der Waals surface area contributed by atoms with E-state index in [-0.39, 0.29) is 29.7 Å². The minimum absolute atomic E-state index is 0.159. The number of aliphatic hydroxyl groups is 1. The third-order valence-electron chi connectivity index (χ3n) is 6.73. The van der Waals surface area contributed by atoms with Crippen molar-refractivity contribution in [2.24, 2.45) is 0 Å². The Labute approximate surface area is 192 Å². The first-order valence-corrected chi connectivity index (χ1v) is 11.6. The molecule has 0 radical (unpaired) electrons. The van der Waals surface area contributed by atoms with Crippen molar-refractivity contribution in [2.45, 2.75) is 31.1 Å². The normalized spacial score (nSPS) is 22.5. The number of aromatic nitrogens is 1. The van der Waals surface area contributed by atoms with Crippen LogP contribution in [-0.4, -0.2) is 70.8 Å². The SMILES string of the molecule is O=C(c1cc(=O)[nH]c2ccccc12)N1CCO[C@@H](CN2CCC(O)CC2)[C@@H]1c1ccccc1. The zero-order chi connectivity index (χ0) is 22.8. The Hall–Kier alpha value is -3.00. The standard InChI is InChI=1S/C26H29N3O4/c30-19-10-12-28(13-11-19)17-23-25(18-6-2-1-3-7-18)29(14-15-33-23)26(32)21-16-24(31)27-22-9-5-4-8-20(21)22/h1-9,16,19,23,25,30H,10-15,17H2,(H,27,31)/t23-,25-/m0/s1. The third kappa shape index (κ3) is 4.57. The van der Waals surface area contributed by atoms with Crippen molar-refractivity contribution in [3.8, 4) is 0 Å². The summed E-state index contributed by atoms with van der Waals surface area (Å²) in [7, 11) is 0. The van der Waals surface area contributed by atoms with E-state index in [9.17, 15) is 14.7 Å². The maximum atomic E-state index is 13.9. The second-order valence-electron chi connectivity index (χ2n) is 8.89. The van der Waals surface area contributed by atoms with Crippen molar-refractivity contribution < 1.29 is 14.6 Å². The van der Waals surface area contributed by atoms with Crippen molar-refractivity contribution in [1.82, 2.24) is 14.8 Å². The Morgan fingerprint density at radius 2 is 1.76 bits per heavy atom. The predicted octanol–water partition coefficient (Wildman–Crippen LogP) is 2.57. The average Bonchev–Trinajstić information content (AvgIpc) is 2.85. The van der Waals surface area contributed by atoms with Crippen molar-refractivity contribution >= 4 is 16.8 Å². The van der Waals surface area contributed by atoms with Gasteiger partial charge in [0.05, 0.1) is 30.4 Å². The van der Waals surface area contributed by atoms with Crippen LogP contribution in [0.25, 0.3) is 10.9 Å². The van der Waals surface area contributed by atoms with E-state index in [4.69, 9.17) is 4.74 Å². The number of hydrogen-bond acceptors (Lipinski definition) is 5. The van der Waals surface area contributed by atoms with E-state index in [2.05, 4.69) is 9.88 Å². The minimum atomic E-state index is -0.287. The fourth-order valence-corrected chi connectivity index (χ4v) is 5.05. The Morgan fingerprint density at radius 1 is 1.03 bits per heavy atom. The number of hydrogen-bond donors (Lipinski definition) is 2. The van der Waals surface area contributed by atoms with E-state index in [1.165, 1.54) is 6.07 Å². The van der Waals surface area contributed by atoms with Crippen LogP contribution >= 0.6 is 0 Å². The number of amides is 1. The zero-order valence-corrected chi connectivity index (χ0v) is 18.5. The quantitative estimate of drug-likeness (QED) is 0.642. The molecule has 5 rings (SSSR count). The lowest BCUT2D eigenvalue weighted by Crippen LogP contribution is -2.53. The molecule has 1 amide bonds. The second-order valence-corrected chi connectivity index (χ2v) is 8.89. The third-order valence-corrected chi connectivity index (χ3v) is 6.73. The first kappa shape index (κ1) is 21.8. The Kier molecular flexibility index (Phi) is 6.26. The van der Waals surface area contributed by atoms with Gasteiger partial charge in [-0.15, -0.1) is 0 Å². The van der Waals surface area contributed by atoms with Gasteiger partial charge in [0.1, 0.15) is 0 Å². The van der Waals surface area contributed by atoms with Crippen molar-refractivity contribution in [2.75, 3.05) is 32.8 Å². The van der Waals surface area contributed by atoms with E-state index in [1.807, 2.05) is 59.5 Å². The molecule has 1 aromatic heterocycles. The van der Waals surface area contributed by atoms with Crippen LogP contribution in [0, 0.1) is 0 Å². The maximum absolute atomic E-state index is 13.9. The molecular formula is C26H29N3O4. The van der Waals surface area contributed by atoms with Gasteiger partial charge in [-0.05, 0) is 24.5 Å². The molecule has 2 aliphatic rings. The molecule has 7 nitrogen and oxygen atoms in total. The molecule has 2 aromatic carbocycles. The molecule has 2 fully saturated rings. The van der Waals surface area contributed by atoms with Crippen molar-refractivity contribution in [1.29, 1.82) is 0 Å². The molecule has 0 bridgehead atoms. The average molecular weight is 448 g/mol. The van der Waals surface area contributed by atoms with Gasteiger partial charge in [0.15, 0.2) is 0 Å². The lowest BCUT2D eigenvalue weighted by molar-refractivity contribution is -0.0770. The van der Waals surface area contributed by atoms with Gasteiger partial charge in [-0.3, -0.25) is 9.59 Å². The highest BCUT2D eigenvalue weighted by molar-refractivity contribution is 6.06. The summed E-state index contributed by atoms with van der Waals surface area (Å²) in [5.74, 6) is -0.159. The maximum Gasteiger partial charge on any atom is 0.255 e. The monoisotopic (exact) mass is 447 g/mol. The topological polar surface area (TPSA) is 85.9 Å². The van der Waals surface area contributed by atoms with Crippen molar-refractivity contribution in [3.05, 3.63) is 82.1 Å². The molecule has 0 aliphatic carbocycles. The number of nitrogens with zero attached hydrogens (tertiary/aromatic N) is 2. The van der Waals surface area contributed by atoms with Crippen LogP contribution in [0.15, 0.2) is 65.5 Å². The molecule has 2 N–H and O–H groups in total. The zero-order valence-electron chi connectivity index (χ0n) is 18.5. The van der Waals surface area contributed by atoms with E-state index < -0.39 is 0 Å². The molecule has 0 spiro atoms. The first-order valence-electron chi connectivity index (χ1n) is 11.6. The number of carbonyl (C=O) groups excluding carboxylic acids is 1. The fourth-order valence-electron chi connectivity index (χ4n) is 5.05. The number of morpholine rings is 1. The minimum Gasteiger partial charge on any atom is -0.393 e. The number of rotatable bonds is 4. The summed E-state index contributed by atoms with van der Waals surface area (Å²) in [5, 5.41) is 10.6. The van der Waals surface area contributed by atoms with Gasteiger partial charge in [0.2, 0.25) is 5.56 Å². The number of aliphatic hydroxyl groups excluding tert-OH is 1. The number of nitrogens with one attached hydrogen (secondary N) is 1. The molecular weight excluding hydrogens is 418 g/mol. The number of piperidine rings is 1. The molecule has 172 valence electrons. The number of H-pyrrole nitrogens is 1. The fraction of sp³-hybridized carbons (Fsp3) is 0.385. The van der Waals surface area contributed by atoms with E-state index in [0.717, 1.165) is 36.9 Å². The Bertz CT molecular complexity index is 1170. The van der Waals surface area contributed by atoms with Crippen molar-refractivity contribution in [3.63, 3.8) is 0 Å². The number of pyridine rings is 1. The highest BCUT2D eigenvalue weighted by Gasteiger charge is 2.38. The number of carbonyl (C=O) groups is 1. The number of aromatic amines is 1. The van der Waals surface area contributed by atoms with Crippen LogP contribution in [-0.2, 0) is 4.74 Å². The largest absolute Gasteiger partial charge is 0.393 e. The van der Waals surface area contributed by atoms with Crippen LogP contribution in [0.3, 0.4) is 0 Å². The molecule has 0 unspecified atom stereocenters. The van der Waals surface area contributed by atoms with E-state index in [1.54, 1.807) is 0 Å².